The predicted octanol–water partition coefficient (Wildman–Crippen LogP) is 3.29. The van der Waals surface area contributed by atoms with Crippen molar-refractivity contribution in [2.75, 3.05) is 6.54 Å². The number of rotatable bonds is 5. The molecule has 1 N–H and O–H groups in total. The van der Waals surface area contributed by atoms with Crippen LogP contribution >= 0.6 is 0 Å². The van der Waals surface area contributed by atoms with Gasteiger partial charge < -0.3 is 10.1 Å². The third-order valence-electron chi connectivity index (χ3n) is 3.38. The van der Waals surface area contributed by atoms with Gasteiger partial charge in [-0.3, -0.25) is 0 Å². The number of benzene rings is 1. The summed E-state index contributed by atoms with van der Waals surface area (Å²) < 4.78 is 5.89. The number of aryl methyl sites for hydroxylation is 1. The van der Waals surface area contributed by atoms with Gasteiger partial charge in [-0.1, -0.05) is 25.0 Å². The van der Waals surface area contributed by atoms with Gasteiger partial charge in [0.05, 0.1) is 0 Å². The Labute approximate surface area is 104 Å². The zero-order valence-electron chi connectivity index (χ0n) is 10.9. The van der Waals surface area contributed by atoms with E-state index in [1.54, 1.807) is 0 Å². The van der Waals surface area contributed by atoms with Gasteiger partial charge in [0.2, 0.25) is 0 Å². The minimum Gasteiger partial charge on any atom is -0.489 e. The molecule has 0 aliphatic heterocycles. The molecule has 1 fully saturated rings. The molecule has 0 aromatic heterocycles. The number of nitrogens with one attached hydrogen (secondary N) is 1. The summed E-state index contributed by atoms with van der Waals surface area (Å²) in [7, 11) is 0. The molecular weight excluding hydrogens is 210 g/mol. The Hall–Kier alpha value is -1.02. The fourth-order valence-corrected chi connectivity index (χ4v) is 2.43. The van der Waals surface area contributed by atoms with Crippen molar-refractivity contribution in [2.24, 2.45) is 0 Å². The molecular formula is C15H23NO. The minimum atomic E-state index is 0.234. The van der Waals surface area contributed by atoms with Crippen molar-refractivity contribution in [3.63, 3.8) is 0 Å². The Kier molecular flexibility index (Phi) is 4.43. The molecule has 1 unspecified atom stereocenters. The third kappa shape index (κ3) is 4.04. The van der Waals surface area contributed by atoms with Crippen LogP contribution in [0.15, 0.2) is 24.3 Å². The highest BCUT2D eigenvalue weighted by Crippen LogP contribution is 2.18. The highest BCUT2D eigenvalue weighted by molar-refractivity contribution is 5.27. The Morgan fingerprint density at radius 2 is 2.12 bits per heavy atom. The molecule has 1 aliphatic rings. The summed E-state index contributed by atoms with van der Waals surface area (Å²) >= 11 is 0. The largest absolute Gasteiger partial charge is 0.489 e. The molecule has 0 amide bonds. The van der Waals surface area contributed by atoms with E-state index in [4.69, 9.17) is 4.74 Å². The van der Waals surface area contributed by atoms with E-state index in [1.165, 1.54) is 31.2 Å². The van der Waals surface area contributed by atoms with Crippen LogP contribution in [0.1, 0.15) is 38.2 Å². The van der Waals surface area contributed by atoms with E-state index in [0.29, 0.717) is 0 Å². The molecule has 1 aliphatic carbocycles. The van der Waals surface area contributed by atoms with Gasteiger partial charge in [-0.05, 0) is 44.4 Å². The van der Waals surface area contributed by atoms with E-state index in [0.717, 1.165) is 18.3 Å². The fraction of sp³-hybridized carbons (Fsp3) is 0.600. The quantitative estimate of drug-likeness (QED) is 0.842. The van der Waals surface area contributed by atoms with Crippen LogP contribution in [0.3, 0.4) is 0 Å². The first kappa shape index (κ1) is 12.4. The number of ether oxygens (including phenoxy) is 1. The molecule has 0 saturated heterocycles. The summed E-state index contributed by atoms with van der Waals surface area (Å²) in [4.78, 5) is 0. The smallest absolute Gasteiger partial charge is 0.120 e. The second-order valence-electron chi connectivity index (χ2n) is 5.13. The first-order valence-electron chi connectivity index (χ1n) is 6.71. The first-order valence-corrected chi connectivity index (χ1v) is 6.71. The SMILES string of the molecule is Cc1cccc(OC(C)CNC2CCCC2)c1. The summed E-state index contributed by atoms with van der Waals surface area (Å²) in [6.07, 6.45) is 5.65. The Balaban J connectivity index is 1.74. The standard InChI is InChI=1S/C15H23NO/c1-12-6-5-9-15(10-12)17-13(2)11-16-14-7-3-4-8-14/h5-6,9-10,13-14,16H,3-4,7-8,11H2,1-2H3. The molecule has 0 heterocycles. The van der Waals surface area contributed by atoms with E-state index in [2.05, 4.69) is 31.3 Å². The molecule has 0 spiro atoms. The summed E-state index contributed by atoms with van der Waals surface area (Å²) in [6.45, 7) is 5.16. The van der Waals surface area contributed by atoms with Crippen LogP contribution in [0.4, 0.5) is 0 Å². The second kappa shape index (κ2) is 6.06. The zero-order valence-corrected chi connectivity index (χ0v) is 10.9. The van der Waals surface area contributed by atoms with Crippen LogP contribution in [0, 0.1) is 6.92 Å². The van der Waals surface area contributed by atoms with Crippen LogP contribution in [0.25, 0.3) is 0 Å². The third-order valence-corrected chi connectivity index (χ3v) is 3.38. The predicted molar refractivity (Wildman–Crippen MR) is 71.5 cm³/mol. The average Bonchev–Trinajstić information content (AvgIpc) is 2.79. The molecule has 1 saturated carbocycles. The second-order valence-corrected chi connectivity index (χ2v) is 5.13. The minimum absolute atomic E-state index is 0.234. The molecule has 2 nitrogen and oxygen atoms in total. The van der Waals surface area contributed by atoms with Gasteiger partial charge in [-0.25, -0.2) is 0 Å². The molecule has 0 bridgehead atoms. The van der Waals surface area contributed by atoms with Crippen molar-refractivity contribution in [1.29, 1.82) is 0 Å². The molecule has 1 aromatic rings. The van der Waals surface area contributed by atoms with E-state index >= 15 is 0 Å². The Bertz CT molecular complexity index is 345. The van der Waals surface area contributed by atoms with Crippen LogP contribution < -0.4 is 10.1 Å². The van der Waals surface area contributed by atoms with Gasteiger partial charge in [0.15, 0.2) is 0 Å². The highest BCUT2D eigenvalue weighted by Gasteiger charge is 2.15. The van der Waals surface area contributed by atoms with Crippen molar-refractivity contribution in [3.8, 4) is 5.75 Å². The van der Waals surface area contributed by atoms with Gasteiger partial charge in [-0.2, -0.15) is 0 Å². The topological polar surface area (TPSA) is 21.3 Å². The van der Waals surface area contributed by atoms with Gasteiger partial charge in [0.1, 0.15) is 11.9 Å². The van der Waals surface area contributed by atoms with Gasteiger partial charge in [0.25, 0.3) is 0 Å². The normalized spacial score (nSPS) is 18.2. The van der Waals surface area contributed by atoms with E-state index in [9.17, 15) is 0 Å². The van der Waals surface area contributed by atoms with E-state index in [1.807, 2.05) is 12.1 Å². The molecule has 0 radical (unpaired) electrons. The van der Waals surface area contributed by atoms with Gasteiger partial charge in [0, 0.05) is 12.6 Å². The maximum atomic E-state index is 5.89. The highest BCUT2D eigenvalue weighted by atomic mass is 16.5. The van der Waals surface area contributed by atoms with Crippen molar-refractivity contribution in [1.82, 2.24) is 5.32 Å². The fourth-order valence-electron chi connectivity index (χ4n) is 2.43. The molecule has 1 atom stereocenters. The monoisotopic (exact) mass is 233 g/mol. The van der Waals surface area contributed by atoms with Gasteiger partial charge >= 0.3 is 0 Å². The van der Waals surface area contributed by atoms with Crippen LogP contribution in [-0.2, 0) is 0 Å². The van der Waals surface area contributed by atoms with Crippen LogP contribution in [0.2, 0.25) is 0 Å². The van der Waals surface area contributed by atoms with Crippen LogP contribution in [0.5, 0.6) is 5.75 Å². The van der Waals surface area contributed by atoms with E-state index in [-0.39, 0.29) is 6.10 Å². The van der Waals surface area contributed by atoms with E-state index < -0.39 is 0 Å². The average molecular weight is 233 g/mol. The van der Waals surface area contributed by atoms with Gasteiger partial charge in [-0.15, -0.1) is 0 Å². The molecule has 2 rings (SSSR count). The van der Waals surface area contributed by atoms with Crippen molar-refractivity contribution in [2.45, 2.75) is 51.7 Å². The maximum absolute atomic E-state index is 5.89. The lowest BCUT2D eigenvalue weighted by Gasteiger charge is -2.18. The van der Waals surface area contributed by atoms with Crippen LogP contribution in [-0.4, -0.2) is 18.7 Å². The summed E-state index contributed by atoms with van der Waals surface area (Å²) in [5, 5.41) is 3.59. The Morgan fingerprint density at radius 3 is 2.82 bits per heavy atom. The lowest BCUT2D eigenvalue weighted by molar-refractivity contribution is 0.211. The molecule has 17 heavy (non-hydrogen) atoms. The summed E-state index contributed by atoms with van der Waals surface area (Å²) in [5.41, 5.74) is 1.25. The first-order chi connectivity index (χ1) is 8.24. The van der Waals surface area contributed by atoms with Crippen molar-refractivity contribution < 1.29 is 4.74 Å². The van der Waals surface area contributed by atoms with Crippen molar-refractivity contribution >= 4 is 0 Å². The number of hydrogen-bond donors (Lipinski definition) is 1. The number of hydrogen-bond acceptors (Lipinski definition) is 2. The molecule has 2 heteroatoms. The summed E-state index contributed by atoms with van der Waals surface area (Å²) in [5.74, 6) is 0.978. The maximum Gasteiger partial charge on any atom is 0.120 e. The van der Waals surface area contributed by atoms with Crippen molar-refractivity contribution in [3.05, 3.63) is 29.8 Å². The Morgan fingerprint density at radius 1 is 1.35 bits per heavy atom. The zero-order chi connectivity index (χ0) is 12.1. The summed E-state index contributed by atoms with van der Waals surface area (Å²) in [6, 6.07) is 8.97. The molecule has 94 valence electrons. The molecule has 1 aromatic carbocycles. The lowest BCUT2D eigenvalue weighted by Crippen LogP contribution is -2.35. The lowest BCUT2D eigenvalue weighted by atomic mass is 10.2.